The number of carbonyl (C=O) groups excluding carboxylic acids is 2. The molecular formula is C31H31N3O5. The molecule has 2 N–H and O–H groups in total. The van der Waals surface area contributed by atoms with Crippen molar-refractivity contribution in [2.45, 2.75) is 37.9 Å². The number of aliphatic hydroxyl groups is 1. The molecule has 0 bridgehead atoms. The number of hydrogen-bond donors (Lipinski definition) is 2. The van der Waals surface area contributed by atoms with Crippen molar-refractivity contribution in [3.63, 3.8) is 0 Å². The Kier molecular flexibility index (Phi) is 7.21. The Balaban J connectivity index is 1.37. The van der Waals surface area contributed by atoms with E-state index in [9.17, 15) is 14.7 Å². The van der Waals surface area contributed by atoms with Gasteiger partial charge in [0.1, 0.15) is 11.9 Å². The SMILES string of the molecule is COC(=O)C1(c2ccc(-c3ccc(-c4cnn(C)c4NC(=O)O[C@H](C)c4ccccc4)cc3CO)cc2)CC1. The van der Waals surface area contributed by atoms with Gasteiger partial charge < -0.3 is 14.6 Å². The standard InChI is InChI=1S/C31H31N3O5/c1-20(21-7-5-4-6-8-21)39-30(37)33-28-27(18-32-34(28)2)23-11-14-26(24(17-23)19-35)22-9-12-25(13-10-22)31(15-16-31)29(36)38-3/h4-14,17-18,20,35H,15-16,19H2,1-3H3,(H,33,37)/t20-/m1/s1. The van der Waals surface area contributed by atoms with Crippen LogP contribution in [-0.2, 0) is 33.3 Å². The summed E-state index contributed by atoms with van der Waals surface area (Å²) >= 11 is 0. The first-order valence-electron chi connectivity index (χ1n) is 12.8. The summed E-state index contributed by atoms with van der Waals surface area (Å²) in [5.74, 6) is 0.286. The number of hydrogen-bond acceptors (Lipinski definition) is 6. The lowest BCUT2D eigenvalue weighted by atomic mass is 9.91. The highest BCUT2D eigenvalue weighted by atomic mass is 16.6. The van der Waals surface area contributed by atoms with Crippen LogP contribution in [-0.4, -0.2) is 34.1 Å². The van der Waals surface area contributed by atoms with E-state index in [-0.39, 0.29) is 12.6 Å². The van der Waals surface area contributed by atoms with E-state index in [2.05, 4.69) is 10.4 Å². The van der Waals surface area contributed by atoms with Crippen molar-refractivity contribution in [3.8, 4) is 22.3 Å². The Morgan fingerprint density at radius 1 is 1.03 bits per heavy atom. The molecule has 0 spiro atoms. The Morgan fingerprint density at radius 2 is 1.72 bits per heavy atom. The van der Waals surface area contributed by atoms with Crippen LogP contribution in [0.3, 0.4) is 0 Å². The molecule has 1 fully saturated rings. The van der Waals surface area contributed by atoms with Gasteiger partial charge in [-0.3, -0.25) is 14.8 Å². The fourth-order valence-corrected chi connectivity index (χ4v) is 4.95. The zero-order chi connectivity index (χ0) is 27.6. The summed E-state index contributed by atoms with van der Waals surface area (Å²) in [5, 5.41) is 17.4. The fourth-order valence-electron chi connectivity index (χ4n) is 4.95. The fraction of sp³-hybridized carbons (Fsp3) is 0.258. The first-order chi connectivity index (χ1) is 18.9. The second-order valence-corrected chi connectivity index (χ2v) is 9.79. The van der Waals surface area contributed by atoms with Crippen molar-refractivity contribution < 1.29 is 24.2 Å². The summed E-state index contributed by atoms with van der Waals surface area (Å²) < 4.78 is 12.2. The maximum Gasteiger partial charge on any atom is 0.413 e. The third-order valence-electron chi connectivity index (χ3n) is 7.37. The van der Waals surface area contributed by atoms with Crippen molar-refractivity contribution in [1.82, 2.24) is 9.78 Å². The van der Waals surface area contributed by atoms with Crippen LogP contribution in [0, 0.1) is 0 Å². The summed E-state index contributed by atoms with van der Waals surface area (Å²) in [6, 6.07) is 23.1. The van der Waals surface area contributed by atoms with E-state index < -0.39 is 17.6 Å². The number of nitrogens with one attached hydrogen (secondary N) is 1. The second-order valence-electron chi connectivity index (χ2n) is 9.79. The number of ether oxygens (including phenoxy) is 2. The average Bonchev–Trinajstić information content (AvgIpc) is 3.71. The third-order valence-corrected chi connectivity index (χ3v) is 7.37. The first-order valence-corrected chi connectivity index (χ1v) is 12.8. The second kappa shape index (κ2) is 10.7. The topological polar surface area (TPSA) is 103 Å². The lowest BCUT2D eigenvalue weighted by Crippen LogP contribution is -2.21. The van der Waals surface area contributed by atoms with Gasteiger partial charge in [-0.15, -0.1) is 0 Å². The van der Waals surface area contributed by atoms with E-state index in [1.807, 2.05) is 79.7 Å². The van der Waals surface area contributed by atoms with Crippen molar-refractivity contribution in [2.24, 2.45) is 7.05 Å². The predicted octanol–water partition coefficient (Wildman–Crippen LogP) is 5.76. The quantitative estimate of drug-likeness (QED) is 0.284. The smallest absolute Gasteiger partial charge is 0.413 e. The van der Waals surface area contributed by atoms with Crippen LogP contribution in [0.4, 0.5) is 10.6 Å². The number of methoxy groups -OCH3 is 1. The number of aliphatic hydroxyl groups excluding tert-OH is 1. The van der Waals surface area contributed by atoms with Gasteiger partial charge in [0.05, 0.1) is 25.3 Å². The zero-order valence-electron chi connectivity index (χ0n) is 22.2. The Bertz CT molecular complexity index is 1490. The van der Waals surface area contributed by atoms with E-state index in [1.165, 1.54) is 7.11 Å². The number of aromatic nitrogens is 2. The molecule has 1 aliphatic carbocycles. The van der Waals surface area contributed by atoms with Crippen molar-refractivity contribution in [2.75, 3.05) is 12.4 Å². The van der Waals surface area contributed by atoms with E-state index in [1.54, 1.807) is 17.9 Å². The van der Waals surface area contributed by atoms with Gasteiger partial charge in [0.25, 0.3) is 0 Å². The number of benzene rings is 3. The summed E-state index contributed by atoms with van der Waals surface area (Å²) in [7, 11) is 3.16. The Hall–Kier alpha value is -4.43. The maximum atomic E-state index is 12.7. The molecule has 0 aliphatic heterocycles. The summed E-state index contributed by atoms with van der Waals surface area (Å²) in [6.45, 7) is 1.65. The summed E-state index contributed by atoms with van der Waals surface area (Å²) in [5.41, 5.74) is 5.34. The molecule has 39 heavy (non-hydrogen) atoms. The van der Waals surface area contributed by atoms with Gasteiger partial charge in [-0.1, -0.05) is 66.7 Å². The van der Waals surface area contributed by atoms with Crippen LogP contribution in [0.2, 0.25) is 0 Å². The first kappa shape index (κ1) is 26.2. The molecule has 1 heterocycles. The summed E-state index contributed by atoms with van der Waals surface area (Å²) in [4.78, 5) is 25.0. The highest BCUT2D eigenvalue weighted by Gasteiger charge is 2.52. The molecule has 1 aromatic heterocycles. The van der Waals surface area contributed by atoms with E-state index >= 15 is 0 Å². The zero-order valence-corrected chi connectivity index (χ0v) is 22.2. The maximum absolute atomic E-state index is 12.7. The van der Waals surface area contributed by atoms with E-state index in [0.717, 1.165) is 46.2 Å². The number of rotatable bonds is 8. The van der Waals surface area contributed by atoms with E-state index in [4.69, 9.17) is 9.47 Å². The number of carbonyl (C=O) groups is 2. The molecule has 0 unspecified atom stereocenters. The van der Waals surface area contributed by atoms with Gasteiger partial charge in [0.2, 0.25) is 0 Å². The molecule has 3 aromatic carbocycles. The van der Waals surface area contributed by atoms with Crippen LogP contribution in [0.5, 0.6) is 0 Å². The number of nitrogens with zero attached hydrogens (tertiary/aromatic N) is 2. The van der Waals surface area contributed by atoms with Gasteiger partial charge in [-0.25, -0.2) is 4.79 Å². The van der Waals surface area contributed by atoms with Crippen molar-refractivity contribution in [1.29, 1.82) is 0 Å². The summed E-state index contributed by atoms with van der Waals surface area (Å²) in [6.07, 6.45) is 2.24. The molecule has 0 saturated heterocycles. The largest absolute Gasteiger partial charge is 0.468 e. The Morgan fingerprint density at radius 3 is 2.36 bits per heavy atom. The Labute approximate surface area is 227 Å². The van der Waals surface area contributed by atoms with Gasteiger partial charge >= 0.3 is 12.1 Å². The van der Waals surface area contributed by atoms with Gasteiger partial charge in [0.15, 0.2) is 0 Å². The monoisotopic (exact) mass is 525 g/mol. The molecule has 1 amide bonds. The van der Waals surface area contributed by atoms with Crippen LogP contribution in [0.1, 0.15) is 42.6 Å². The molecule has 200 valence electrons. The molecule has 1 saturated carbocycles. The molecule has 4 aromatic rings. The predicted molar refractivity (Wildman–Crippen MR) is 148 cm³/mol. The molecule has 1 aliphatic rings. The normalized spacial score (nSPS) is 14.4. The molecule has 5 rings (SSSR count). The van der Waals surface area contributed by atoms with Crippen molar-refractivity contribution >= 4 is 17.9 Å². The average molecular weight is 526 g/mol. The molecule has 0 radical (unpaired) electrons. The molecule has 8 nitrogen and oxygen atoms in total. The number of esters is 1. The van der Waals surface area contributed by atoms with Crippen LogP contribution < -0.4 is 5.32 Å². The molecule has 8 heteroatoms. The highest BCUT2D eigenvalue weighted by Crippen LogP contribution is 2.49. The van der Waals surface area contributed by atoms with Crippen LogP contribution >= 0.6 is 0 Å². The van der Waals surface area contributed by atoms with E-state index in [0.29, 0.717) is 11.4 Å². The minimum Gasteiger partial charge on any atom is -0.468 e. The minimum absolute atomic E-state index is 0.170. The van der Waals surface area contributed by atoms with Gasteiger partial charge in [0, 0.05) is 12.6 Å². The molecular weight excluding hydrogens is 494 g/mol. The number of anilines is 1. The molecule has 1 atom stereocenters. The van der Waals surface area contributed by atoms with Crippen LogP contribution in [0.25, 0.3) is 22.3 Å². The highest BCUT2D eigenvalue weighted by molar-refractivity contribution is 5.90. The third kappa shape index (κ3) is 5.15. The van der Waals surface area contributed by atoms with Crippen LogP contribution in [0.15, 0.2) is 79.0 Å². The minimum atomic E-state index is -0.587. The number of aryl methyl sites for hydroxylation is 1. The lowest BCUT2D eigenvalue weighted by Gasteiger charge is -2.16. The number of amides is 1. The lowest BCUT2D eigenvalue weighted by molar-refractivity contribution is -0.143. The van der Waals surface area contributed by atoms with Gasteiger partial charge in [-0.2, -0.15) is 5.10 Å². The van der Waals surface area contributed by atoms with Crippen molar-refractivity contribution in [3.05, 3.63) is 95.7 Å². The van der Waals surface area contributed by atoms with Gasteiger partial charge in [-0.05, 0) is 59.2 Å².